The zero-order valence-electron chi connectivity index (χ0n) is 7.66. The quantitative estimate of drug-likeness (QED) is 0.454. The Bertz CT molecular complexity index is 323. The molecule has 0 aromatic carbocycles. The fraction of sp³-hybridized carbons (Fsp3) is 0.667. The summed E-state index contributed by atoms with van der Waals surface area (Å²) >= 11 is 1.09. The highest BCUT2D eigenvalue weighted by atomic mass is 32.2. The van der Waals surface area contributed by atoms with Crippen LogP contribution in [0.1, 0.15) is 12.2 Å². The Labute approximate surface area is 88.0 Å². The van der Waals surface area contributed by atoms with Crippen molar-refractivity contribution in [2.75, 3.05) is 18.1 Å². The van der Waals surface area contributed by atoms with Gasteiger partial charge in [-0.25, -0.2) is 4.68 Å². The molecule has 5 nitrogen and oxygen atoms in total. The van der Waals surface area contributed by atoms with Gasteiger partial charge in [-0.05, 0) is 13.0 Å². The van der Waals surface area contributed by atoms with Crippen LogP contribution in [-0.4, -0.2) is 27.2 Å². The van der Waals surface area contributed by atoms with Crippen molar-refractivity contribution in [3.8, 4) is 0 Å². The Morgan fingerprint density at radius 2 is 2.00 bits per heavy atom. The van der Waals surface area contributed by atoms with Gasteiger partial charge in [0, 0.05) is 5.75 Å². The molecule has 0 aliphatic heterocycles. The van der Waals surface area contributed by atoms with E-state index in [2.05, 4.69) is 10.2 Å². The SMILES string of the molecule is NCCCSc1nnc(C(F)(F)F)n1N. The van der Waals surface area contributed by atoms with Crippen LogP contribution in [-0.2, 0) is 6.18 Å². The van der Waals surface area contributed by atoms with E-state index in [1.807, 2.05) is 0 Å². The second-order valence-corrected chi connectivity index (χ2v) is 3.73. The number of hydrogen-bond donors (Lipinski definition) is 2. The van der Waals surface area contributed by atoms with Gasteiger partial charge in [0.05, 0.1) is 0 Å². The lowest BCUT2D eigenvalue weighted by Crippen LogP contribution is -2.21. The minimum absolute atomic E-state index is 0.0378. The summed E-state index contributed by atoms with van der Waals surface area (Å²) < 4.78 is 37.1. The van der Waals surface area contributed by atoms with Crippen LogP contribution >= 0.6 is 11.8 Å². The van der Waals surface area contributed by atoms with E-state index >= 15 is 0 Å². The molecule has 1 heterocycles. The molecular formula is C6H10F3N5S. The van der Waals surface area contributed by atoms with E-state index in [0.29, 0.717) is 23.4 Å². The van der Waals surface area contributed by atoms with E-state index in [1.54, 1.807) is 0 Å². The molecule has 0 amide bonds. The van der Waals surface area contributed by atoms with Crippen LogP contribution in [0.5, 0.6) is 0 Å². The molecule has 0 spiro atoms. The van der Waals surface area contributed by atoms with Crippen LogP contribution < -0.4 is 11.6 Å². The normalized spacial score (nSPS) is 12.0. The second-order valence-electron chi connectivity index (χ2n) is 2.66. The van der Waals surface area contributed by atoms with Crippen molar-refractivity contribution >= 4 is 11.8 Å². The molecule has 0 aliphatic rings. The number of hydrogen-bond acceptors (Lipinski definition) is 5. The van der Waals surface area contributed by atoms with E-state index < -0.39 is 12.0 Å². The summed E-state index contributed by atoms with van der Waals surface area (Å²) in [6.07, 6.45) is -3.90. The third kappa shape index (κ3) is 2.99. The summed E-state index contributed by atoms with van der Waals surface area (Å²) in [6, 6.07) is 0. The minimum Gasteiger partial charge on any atom is -0.335 e. The highest BCUT2D eigenvalue weighted by Crippen LogP contribution is 2.28. The highest BCUT2D eigenvalue weighted by Gasteiger charge is 2.38. The number of alkyl halides is 3. The van der Waals surface area contributed by atoms with Crippen LogP contribution in [0.3, 0.4) is 0 Å². The first kappa shape index (κ1) is 12.1. The summed E-state index contributed by atoms with van der Waals surface area (Å²) in [6.45, 7) is 0.470. The highest BCUT2D eigenvalue weighted by molar-refractivity contribution is 7.99. The Morgan fingerprint density at radius 1 is 1.33 bits per heavy atom. The molecular weight excluding hydrogens is 231 g/mol. The molecule has 0 atom stereocenters. The largest absolute Gasteiger partial charge is 0.453 e. The maximum Gasteiger partial charge on any atom is 0.453 e. The van der Waals surface area contributed by atoms with Gasteiger partial charge >= 0.3 is 6.18 Å². The van der Waals surface area contributed by atoms with Crippen LogP contribution in [0.25, 0.3) is 0 Å². The van der Waals surface area contributed by atoms with E-state index in [1.165, 1.54) is 0 Å². The molecule has 0 unspecified atom stereocenters. The van der Waals surface area contributed by atoms with Gasteiger partial charge in [-0.15, -0.1) is 10.2 Å². The molecule has 0 fully saturated rings. The molecule has 1 rings (SSSR count). The van der Waals surface area contributed by atoms with Crippen molar-refractivity contribution in [3.05, 3.63) is 5.82 Å². The lowest BCUT2D eigenvalue weighted by Gasteiger charge is -2.05. The summed E-state index contributed by atoms with van der Waals surface area (Å²) in [4.78, 5) is 0. The number of thioether (sulfide) groups is 1. The number of nitrogens with zero attached hydrogens (tertiary/aromatic N) is 3. The number of rotatable bonds is 4. The topological polar surface area (TPSA) is 82.8 Å². The second kappa shape index (κ2) is 4.71. The first-order chi connectivity index (χ1) is 6.96. The van der Waals surface area contributed by atoms with Crippen LogP contribution in [0.15, 0.2) is 5.16 Å². The molecule has 4 N–H and O–H groups in total. The van der Waals surface area contributed by atoms with Gasteiger partial charge in [-0.2, -0.15) is 13.2 Å². The van der Waals surface area contributed by atoms with E-state index in [9.17, 15) is 13.2 Å². The predicted molar refractivity (Wildman–Crippen MR) is 49.6 cm³/mol. The fourth-order valence-corrected chi connectivity index (χ4v) is 1.63. The molecule has 86 valence electrons. The van der Waals surface area contributed by atoms with Gasteiger partial charge in [0.2, 0.25) is 5.16 Å². The maximum absolute atomic E-state index is 12.2. The maximum atomic E-state index is 12.2. The summed E-state index contributed by atoms with van der Waals surface area (Å²) in [5, 5.41) is 6.36. The van der Waals surface area contributed by atoms with Crippen LogP contribution in [0.2, 0.25) is 0 Å². The molecule has 0 bridgehead atoms. The molecule has 9 heteroatoms. The van der Waals surface area contributed by atoms with Crippen molar-refractivity contribution in [2.24, 2.45) is 5.73 Å². The molecule has 0 saturated carbocycles. The average molecular weight is 241 g/mol. The van der Waals surface area contributed by atoms with Gasteiger partial charge in [0.1, 0.15) is 0 Å². The first-order valence-electron chi connectivity index (χ1n) is 4.07. The summed E-state index contributed by atoms with van der Waals surface area (Å²) in [7, 11) is 0. The third-order valence-corrected chi connectivity index (χ3v) is 2.53. The molecule has 0 aliphatic carbocycles. The van der Waals surface area contributed by atoms with Gasteiger partial charge < -0.3 is 11.6 Å². The molecule has 15 heavy (non-hydrogen) atoms. The standard InChI is InChI=1S/C6H10F3N5S/c7-6(8,9)4-12-13-5(14(4)11)15-3-1-2-10/h1-3,10-11H2. The van der Waals surface area contributed by atoms with Crippen LogP contribution in [0.4, 0.5) is 13.2 Å². The van der Waals surface area contributed by atoms with Crippen molar-refractivity contribution in [3.63, 3.8) is 0 Å². The predicted octanol–water partition coefficient (Wildman–Crippen LogP) is 0.452. The molecule has 0 radical (unpaired) electrons. The minimum atomic E-state index is -4.57. The number of nitrogen functional groups attached to an aromatic ring is 1. The van der Waals surface area contributed by atoms with Crippen molar-refractivity contribution < 1.29 is 13.2 Å². The third-order valence-electron chi connectivity index (χ3n) is 1.50. The zero-order chi connectivity index (χ0) is 11.5. The van der Waals surface area contributed by atoms with E-state index in [4.69, 9.17) is 11.6 Å². The van der Waals surface area contributed by atoms with E-state index in [0.717, 1.165) is 11.8 Å². The summed E-state index contributed by atoms with van der Waals surface area (Å²) in [5.41, 5.74) is 5.24. The number of aromatic nitrogens is 3. The van der Waals surface area contributed by atoms with E-state index in [-0.39, 0.29) is 5.16 Å². The fourth-order valence-electron chi connectivity index (χ4n) is 0.816. The number of nitrogens with two attached hydrogens (primary N) is 2. The van der Waals surface area contributed by atoms with Gasteiger partial charge in [-0.3, -0.25) is 0 Å². The Morgan fingerprint density at radius 3 is 2.47 bits per heavy atom. The number of halogens is 3. The van der Waals surface area contributed by atoms with Gasteiger partial charge in [0.15, 0.2) is 0 Å². The lowest BCUT2D eigenvalue weighted by molar-refractivity contribution is -0.146. The van der Waals surface area contributed by atoms with Gasteiger partial charge in [-0.1, -0.05) is 11.8 Å². The van der Waals surface area contributed by atoms with Crippen molar-refractivity contribution in [1.82, 2.24) is 14.9 Å². The molecule has 0 saturated heterocycles. The van der Waals surface area contributed by atoms with Gasteiger partial charge in [0.25, 0.3) is 5.82 Å². The van der Waals surface area contributed by atoms with Crippen LogP contribution in [0, 0.1) is 0 Å². The smallest absolute Gasteiger partial charge is 0.335 e. The average Bonchev–Trinajstić information content (AvgIpc) is 2.47. The Kier molecular flexibility index (Phi) is 3.80. The lowest BCUT2D eigenvalue weighted by atomic mass is 10.5. The Balaban J connectivity index is 2.72. The van der Waals surface area contributed by atoms with Crippen molar-refractivity contribution in [1.29, 1.82) is 0 Å². The zero-order valence-corrected chi connectivity index (χ0v) is 8.48. The molecule has 1 aromatic heterocycles. The first-order valence-corrected chi connectivity index (χ1v) is 5.06. The monoisotopic (exact) mass is 241 g/mol. The Hall–Kier alpha value is -0.960. The summed E-state index contributed by atoms with van der Waals surface area (Å²) in [5.74, 6) is 4.55. The molecule has 1 aromatic rings. The van der Waals surface area contributed by atoms with Crippen molar-refractivity contribution in [2.45, 2.75) is 17.8 Å².